The molecule has 33 heavy (non-hydrogen) atoms. The maximum atomic E-state index is 12.7. The smallest absolute Gasteiger partial charge is 0.271 e. The first-order chi connectivity index (χ1) is 15.8. The first-order valence-corrected chi connectivity index (χ1v) is 12.3. The van der Waals surface area contributed by atoms with Crippen molar-refractivity contribution in [1.82, 2.24) is 5.43 Å². The average Bonchev–Trinajstić information content (AvgIpc) is 2.82. The third-order valence-corrected chi connectivity index (χ3v) is 6.62. The summed E-state index contributed by atoms with van der Waals surface area (Å²) in [5, 5.41) is 4.26. The summed E-state index contributed by atoms with van der Waals surface area (Å²) in [6, 6.07) is 20.0. The number of hydrogen-bond donors (Lipinski definition) is 2. The second-order valence-corrected chi connectivity index (χ2v) is 9.17. The molecule has 0 spiro atoms. The molecule has 0 aliphatic heterocycles. The molecule has 0 radical (unpaired) electrons. The second-order valence-electron chi connectivity index (χ2n) is 7.08. The van der Waals surface area contributed by atoms with Gasteiger partial charge in [0.05, 0.1) is 21.8 Å². The van der Waals surface area contributed by atoms with E-state index in [0.29, 0.717) is 0 Å². The van der Waals surface area contributed by atoms with E-state index in [1.165, 1.54) is 30.5 Å². The molecule has 0 unspecified atom stereocenters. The van der Waals surface area contributed by atoms with E-state index in [-0.39, 0.29) is 21.2 Å². The largest absolute Gasteiger partial charge is 0.372 e. The van der Waals surface area contributed by atoms with E-state index in [1.54, 1.807) is 24.3 Å². The first kappa shape index (κ1) is 24.3. The number of halogens is 1. The van der Waals surface area contributed by atoms with E-state index < -0.39 is 15.9 Å². The Labute approximate surface area is 199 Å². The number of amides is 1. The molecule has 3 aromatic rings. The van der Waals surface area contributed by atoms with Crippen molar-refractivity contribution >= 4 is 45.1 Å². The van der Waals surface area contributed by atoms with Crippen LogP contribution in [0.2, 0.25) is 5.02 Å². The fourth-order valence-electron chi connectivity index (χ4n) is 3.14. The molecule has 0 saturated heterocycles. The Bertz CT molecular complexity index is 1240. The summed E-state index contributed by atoms with van der Waals surface area (Å²) < 4.78 is 27.9. The van der Waals surface area contributed by atoms with Crippen molar-refractivity contribution in [2.75, 3.05) is 22.7 Å². The number of carbonyl (C=O) groups is 1. The van der Waals surface area contributed by atoms with Crippen molar-refractivity contribution < 1.29 is 13.2 Å². The van der Waals surface area contributed by atoms with Crippen LogP contribution in [0.15, 0.2) is 82.8 Å². The molecule has 1 amide bonds. The highest BCUT2D eigenvalue weighted by Crippen LogP contribution is 2.24. The molecule has 0 fully saturated rings. The molecule has 0 heterocycles. The molecule has 2 N–H and O–H groups in total. The van der Waals surface area contributed by atoms with Gasteiger partial charge in [0.1, 0.15) is 0 Å². The van der Waals surface area contributed by atoms with Gasteiger partial charge in [-0.25, -0.2) is 13.8 Å². The van der Waals surface area contributed by atoms with E-state index in [1.807, 2.05) is 24.3 Å². The van der Waals surface area contributed by atoms with Gasteiger partial charge in [0.15, 0.2) is 0 Å². The highest BCUT2D eigenvalue weighted by molar-refractivity contribution is 7.92. The lowest BCUT2D eigenvalue weighted by atomic mass is 10.2. The monoisotopic (exact) mass is 484 g/mol. The summed E-state index contributed by atoms with van der Waals surface area (Å²) in [4.78, 5) is 14.6. The average molecular weight is 485 g/mol. The molecule has 0 aliphatic rings. The van der Waals surface area contributed by atoms with Crippen molar-refractivity contribution in [3.8, 4) is 0 Å². The molecule has 3 aromatic carbocycles. The predicted molar refractivity (Wildman–Crippen MR) is 134 cm³/mol. The van der Waals surface area contributed by atoms with Gasteiger partial charge in [-0.05, 0) is 61.9 Å². The lowest BCUT2D eigenvalue weighted by molar-refractivity contribution is 0.0955. The van der Waals surface area contributed by atoms with Crippen LogP contribution in [0.25, 0.3) is 0 Å². The van der Waals surface area contributed by atoms with E-state index in [0.717, 1.165) is 24.3 Å². The van der Waals surface area contributed by atoms with Crippen molar-refractivity contribution in [3.05, 3.63) is 88.9 Å². The molecule has 7 nitrogen and oxygen atoms in total. The molecule has 172 valence electrons. The van der Waals surface area contributed by atoms with E-state index in [9.17, 15) is 13.2 Å². The second kappa shape index (κ2) is 11.0. The molecule has 0 atom stereocenters. The normalized spacial score (nSPS) is 11.4. The Kier molecular flexibility index (Phi) is 8.08. The maximum Gasteiger partial charge on any atom is 0.271 e. The van der Waals surface area contributed by atoms with Gasteiger partial charge in [0.2, 0.25) is 0 Å². The van der Waals surface area contributed by atoms with Gasteiger partial charge in [0.25, 0.3) is 15.9 Å². The van der Waals surface area contributed by atoms with Crippen LogP contribution in [0.5, 0.6) is 0 Å². The third-order valence-electron chi connectivity index (χ3n) is 4.93. The van der Waals surface area contributed by atoms with E-state index in [4.69, 9.17) is 11.6 Å². The number of nitrogens with one attached hydrogen (secondary N) is 2. The summed E-state index contributed by atoms with van der Waals surface area (Å²) >= 11 is 6.04. The fourth-order valence-corrected chi connectivity index (χ4v) is 4.51. The molecule has 0 saturated carbocycles. The Morgan fingerprint density at radius 2 is 1.70 bits per heavy atom. The van der Waals surface area contributed by atoms with Crippen LogP contribution < -0.4 is 15.0 Å². The van der Waals surface area contributed by atoms with E-state index in [2.05, 4.69) is 34.0 Å². The van der Waals surface area contributed by atoms with Crippen molar-refractivity contribution in [3.63, 3.8) is 0 Å². The first-order valence-electron chi connectivity index (χ1n) is 10.4. The Hall–Kier alpha value is -3.36. The third kappa shape index (κ3) is 6.34. The molecule has 0 aromatic heterocycles. The van der Waals surface area contributed by atoms with Crippen LogP contribution in [-0.4, -0.2) is 33.6 Å². The van der Waals surface area contributed by atoms with Crippen LogP contribution in [0.1, 0.15) is 29.8 Å². The number of benzene rings is 3. The zero-order valence-electron chi connectivity index (χ0n) is 18.3. The Balaban J connectivity index is 1.67. The van der Waals surface area contributed by atoms with Crippen LogP contribution in [-0.2, 0) is 10.0 Å². The molecule has 0 aliphatic carbocycles. The van der Waals surface area contributed by atoms with Crippen molar-refractivity contribution in [2.45, 2.75) is 18.7 Å². The van der Waals surface area contributed by atoms with Gasteiger partial charge >= 0.3 is 0 Å². The predicted octanol–water partition coefficient (Wildman–Crippen LogP) is 4.75. The number of anilines is 2. The zero-order chi connectivity index (χ0) is 23.8. The number of nitrogens with zero attached hydrogens (tertiary/aromatic N) is 2. The summed E-state index contributed by atoms with van der Waals surface area (Å²) in [6.07, 6.45) is 1.53. The lowest BCUT2D eigenvalue weighted by Crippen LogP contribution is -2.21. The highest BCUT2D eigenvalue weighted by atomic mass is 35.5. The van der Waals surface area contributed by atoms with Gasteiger partial charge in [-0.15, -0.1) is 0 Å². The van der Waals surface area contributed by atoms with Crippen LogP contribution >= 0.6 is 11.6 Å². The minimum atomic E-state index is -3.93. The number of para-hydroxylation sites is 1. The number of rotatable bonds is 9. The van der Waals surface area contributed by atoms with Gasteiger partial charge in [0, 0.05) is 24.3 Å². The zero-order valence-corrected chi connectivity index (χ0v) is 19.9. The number of hydrogen-bond acceptors (Lipinski definition) is 5. The number of carbonyl (C=O) groups excluding carboxylic acids is 1. The molecular weight excluding hydrogens is 460 g/mol. The number of sulfonamides is 1. The number of hydrazone groups is 1. The highest BCUT2D eigenvalue weighted by Gasteiger charge is 2.17. The summed E-state index contributed by atoms with van der Waals surface area (Å²) in [5.74, 6) is -0.527. The molecule has 9 heteroatoms. The minimum Gasteiger partial charge on any atom is -0.372 e. The van der Waals surface area contributed by atoms with Crippen molar-refractivity contribution in [2.24, 2.45) is 5.10 Å². The van der Waals surface area contributed by atoms with Gasteiger partial charge in [-0.1, -0.05) is 41.9 Å². The maximum absolute atomic E-state index is 12.7. The Morgan fingerprint density at radius 3 is 2.36 bits per heavy atom. The van der Waals surface area contributed by atoms with Crippen LogP contribution in [0, 0.1) is 0 Å². The summed E-state index contributed by atoms with van der Waals surface area (Å²) in [6.45, 7) is 6.04. The molecule has 0 bridgehead atoms. The van der Waals surface area contributed by atoms with Crippen LogP contribution in [0.4, 0.5) is 11.4 Å². The minimum absolute atomic E-state index is 0.0639. The standard InChI is InChI=1S/C24H25ClN4O3S/c1-3-29(4-2)20-14-12-18(13-15-20)17-26-27-24(30)19-8-7-9-21(16-19)33(31,32)28-23-11-6-5-10-22(23)25/h5-17,28H,3-4H2,1-2H3,(H,27,30)/b26-17-. The van der Waals surface area contributed by atoms with Crippen molar-refractivity contribution in [1.29, 1.82) is 0 Å². The van der Waals surface area contributed by atoms with Gasteiger partial charge in [-0.3, -0.25) is 9.52 Å². The fraction of sp³-hybridized carbons (Fsp3) is 0.167. The SMILES string of the molecule is CCN(CC)c1ccc(/C=N\NC(=O)c2cccc(S(=O)(=O)Nc3ccccc3Cl)c2)cc1. The summed E-state index contributed by atoms with van der Waals surface area (Å²) in [7, 11) is -3.93. The lowest BCUT2D eigenvalue weighted by Gasteiger charge is -2.20. The van der Waals surface area contributed by atoms with Crippen LogP contribution in [0.3, 0.4) is 0 Å². The Morgan fingerprint density at radius 1 is 1.00 bits per heavy atom. The quantitative estimate of drug-likeness (QED) is 0.338. The molecule has 3 rings (SSSR count). The topological polar surface area (TPSA) is 90.9 Å². The summed E-state index contributed by atoms with van der Waals surface area (Å²) in [5.41, 5.74) is 4.78. The van der Waals surface area contributed by atoms with Gasteiger partial charge < -0.3 is 4.90 Å². The van der Waals surface area contributed by atoms with Gasteiger partial charge in [-0.2, -0.15) is 5.10 Å². The molecular formula is C24H25ClN4O3S. The van der Waals surface area contributed by atoms with E-state index >= 15 is 0 Å².